The molecule has 1 aromatic heterocycles. The summed E-state index contributed by atoms with van der Waals surface area (Å²) in [6.07, 6.45) is 1.33. The lowest BCUT2D eigenvalue weighted by atomic mass is 10.3. The molecule has 0 fully saturated rings. The zero-order chi connectivity index (χ0) is 15.5. The van der Waals surface area contributed by atoms with E-state index >= 15 is 0 Å². The van der Waals surface area contributed by atoms with Crippen LogP contribution in [0.3, 0.4) is 0 Å². The van der Waals surface area contributed by atoms with Crippen LogP contribution in [0.15, 0.2) is 41.4 Å². The first kappa shape index (κ1) is 15.2. The summed E-state index contributed by atoms with van der Waals surface area (Å²) in [5, 5.41) is 2.88. The van der Waals surface area contributed by atoms with Crippen molar-refractivity contribution in [2.24, 2.45) is 0 Å². The first-order valence-electron chi connectivity index (χ1n) is 6.09. The van der Waals surface area contributed by atoms with Crippen LogP contribution < -0.4 is 10.0 Å². The molecule has 5 nitrogen and oxygen atoms in total. The number of benzene rings is 1. The van der Waals surface area contributed by atoms with Gasteiger partial charge in [-0.25, -0.2) is 22.2 Å². The van der Waals surface area contributed by atoms with Crippen LogP contribution in [0.1, 0.15) is 6.92 Å². The van der Waals surface area contributed by atoms with Crippen molar-refractivity contribution in [1.29, 1.82) is 0 Å². The van der Waals surface area contributed by atoms with Crippen LogP contribution in [0.5, 0.6) is 0 Å². The molecule has 2 aromatic rings. The highest BCUT2D eigenvalue weighted by molar-refractivity contribution is 7.92. The van der Waals surface area contributed by atoms with Crippen molar-refractivity contribution in [3.8, 4) is 0 Å². The molecule has 0 bridgehead atoms. The molecule has 0 unspecified atom stereocenters. The van der Waals surface area contributed by atoms with Crippen molar-refractivity contribution < 1.29 is 17.2 Å². The second-order valence-corrected chi connectivity index (χ2v) is 5.85. The largest absolute Gasteiger partial charge is 0.370 e. The Kier molecular flexibility index (Phi) is 4.37. The second-order valence-electron chi connectivity index (χ2n) is 4.17. The molecule has 21 heavy (non-hydrogen) atoms. The smallest absolute Gasteiger partial charge is 0.262 e. The first-order chi connectivity index (χ1) is 9.90. The number of sulfonamides is 1. The highest BCUT2D eigenvalue weighted by Gasteiger charge is 2.16. The number of rotatable bonds is 5. The van der Waals surface area contributed by atoms with E-state index in [0.29, 0.717) is 18.4 Å². The Hall–Kier alpha value is -2.22. The summed E-state index contributed by atoms with van der Waals surface area (Å²) in [6.45, 7) is 2.43. The zero-order valence-corrected chi connectivity index (χ0v) is 11.9. The van der Waals surface area contributed by atoms with E-state index in [1.807, 2.05) is 6.92 Å². The maximum absolute atomic E-state index is 13.1. The molecule has 1 heterocycles. The molecule has 0 spiro atoms. The molecule has 0 atom stereocenters. The van der Waals surface area contributed by atoms with Crippen molar-refractivity contribution in [2.75, 3.05) is 16.6 Å². The van der Waals surface area contributed by atoms with Gasteiger partial charge < -0.3 is 5.32 Å². The average molecular weight is 313 g/mol. The van der Waals surface area contributed by atoms with Crippen LogP contribution in [0.2, 0.25) is 0 Å². The average Bonchev–Trinajstić information content (AvgIpc) is 2.37. The summed E-state index contributed by atoms with van der Waals surface area (Å²) in [5.41, 5.74) is -0.186. The van der Waals surface area contributed by atoms with Gasteiger partial charge in [-0.2, -0.15) is 0 Å². The van der Waals surface area contributed by atoms with Gasteiger partial charge in [0.15, 0.2) is 0 Å². The predicted molar refractivity (Wildman–Crippen MR) is 75.6 cm³/mol. The van der Waals surface area contributed by atoms with Gasteiger partial charge in [-0.3, -0.25) is 4.72 Å². The minimum atomic E-state index is -3.95. The molecule has 0 aliphatic heterocycles. The van der Waals surface area contributed by atoms with E-state index in [9.17, 15) is 17.2 Å². The zero-order valence-electron chi connectivity index (χ0n) is 11.1. The maximum Gasteiger partial charge on any atom is 0.262 e. The number of hydrogen-bond acceptors (Lipinski definition) is 4. The minimum Gasteiger partial charge on any atom is -0.370 e. The van der Waals surface area contributed by atoms with Crippen LogP contribution in [0, 0.1) is 11.6 Å². The van der Waals surface area contributed by atoms with Gasteiger partial charge in [0.1, 0.15) is 17.5 Å². The minimum absolute atomic E-state index is 0.0573. The molecule has 0 saturated carbocycles. The molecular formula is C13H13F2N3O2S. The Bertz CT molecular complexity index is 731. The van der Waals surface area contributed by atoms with Gasteiger partial charge in [0.25, 0.3) is 10.0 Å². The van der Waals surface area contributed by atoms with Crippen molar-refractivity contribution in [3.05, 3.63) is 48.2 Å². The van der Waals surface area contributed by atoms with Gasteiger partial charge in [0.2, 0.25) is 0 Å². The summed E-state index contributed by atoms with van der Waals surface area (Å²) in [6, 6.07) is 5.08. The monoisotopic (exact) mass is 313 g/mol. The number of anilines is 2. The number of pyridine rings is 1. The van der Waals surface area contributed by atoms with E-state index in [0.717, 1.165) is 12.1 Å². The van der Waals surface area contributed by atoms with Gasteiger partial charge in [0, 0.05) is 24.9 Å². The van der Waals surface area contributed by atoms with E-state index in [2.05, 4.69) is 15.0 Å². The summed E-state index contributed by atoms with van der Waals surface area (Å²) in [7, 11) is -3.95. The van der Waals surface area contributed by atoms with E-state index in [4.69, 9.17) is 0 Å². The third kappa shape index (κ3) is 3.88. The van der Waals surface area contributed by atoms with Gasteiger partial charge in [0.05, 0.1) is 10.6 Å². The molecule has 0 aliphatic rings. The van der Waals surface area contributed by atoms with Gasteiger partial charge in [-0.15, -0.1) is 0 Å². The third-order valence-corrected chi connectivity index (χ3v) is 3.89. The molecule has 0 aliphatic carbocycles. The normalized spacial score (nSPS) is 11.2. The maximum atomic E-state index is 13.1. The van der Waals surface area contributed by atoms with E-state index in [1.54, 1.807) is 0 Å². The van der Waals surface area contributed by atoms with Gasteiger partial charge >= 0.3 is 0 Å². The lowest BCUT2D eigenvalue weighted by Gasteiger charge is -2.09. The third-order valence-electron chi connectivity index (χ3n) is 2.51. The number of hydrogen-bond donors (Lipinski definition) is 2. The fraction of sp³-hybridized carbons (Fsp3) is 0.154. The number of nitrogens with zero attached hydrogens (tertiary/aromatic N) is 1. The van der Waals surface area contributed by atoms with Gasteiger partial charge in [-0.05, 0) is 25.1 Å². The molecule has 2 N–H and O–H groups in total. The summed E-state index contributed by atoms with van der Waals surface area (Å²) in [4.78, 5) is 3.90. The second kappa shape index (κ2) is 6.04. The predicted octanol–water partition coefficient (Wildman–Crippen LogP) is 2.59. The Morgan fingerprint density at radius 3 is 2.43 bits per heavy atom. The van der Waals surface area contributed by atoms with Crippen LogP contribution in [0.25, 0.3) is 0 Å². The van der Waals surface area contributed by atoms with Crippen LogP contribution in [-0.4, -0.2) is 19.9 Å². The van der Waals surface area contributed by atoms with E-state index < -0.39 is 21.7 Å². The quantitative estimate of drug-likeness (QED) is 0.890. The molecule has 1 aromatic carbocycles. The number of aromatic nitrogens is 1. The highest BCUT2D eigenvalue weighted by Crippen LogP contribution is 2.19. The molecule has 0 amide bonds. The fourth-order valence-electron chi connectivity index (χ4n) is 1.68. The highest BCUT2D eigenvalue weighted by atomic mass is 32.2. The molecule has 112 valence electrons. The Morgan fingerprint density at radius 1 is 1.14 bits per heavy atom. The summed E-state index contributed by atoms with van der Waals surface area (Å²) < 4.78 is 52.6. The summed E-state index contributed by atoms with van der Waals surface area (Å²) in [5.74, 6) is -1.34. The van der Waals surface area contributed by atoms with Crippen molar-refractivity contribution in [2.45, 2.75) is 11.8 Å². The standard InChI is InChI=1S/C13H13F2N3O2S/c1-2-16-13-8-12(3-4-17-13)21(19,20)18-11-6-9(14)5-10(15)7-11/h3-8,18H,2H2,1H3,(H,16,17). The Labute approximate surface area is 121 Å². The van der Waals surface area contributed by atoms with E-state index in [-0.39, 0.29) is 10.6 Å². The molecule has 0 radical (unpaired) electrons. The van der Waals surface area contributed by atoms with Crippen molar-refractivity contribution in [3.63, 3.8) is 0 Å². The van der Waals surface area contributed by atoms with Crippen LogP contribution >= 0.6 is 0 Å². The Morgan fingerprint density at radius 2 is 1.81 bits per heavy atom. The van der Waals surface area contributed by atoms with E-state index in [1.165, 1.54) is 18.3 Å². The summed E-state index contributed by atoms with van der Waals surface area (Å²) >= 11 is 0. The van der Waals surface area contributed by atoms with Crippen LogP contribution in [-0.2, 0) is 10.0 Å². The SMILES string of the molecule is CCNc1cc(S(=O)(=O)Nc2cc(F)cc(F)c2)ccn1. The topological polar surface area (TPSA) is 71.1 Å². The number of halogens is 2. The first-order valence-corrected chi connectivity index (χ1v) is 7.58. The Balaban J connectivity index is 2.31. The molecule has 8 heteroatoms. The van der Waals surface area contributed by atoms with Gasteiger partial charge in [-0.1, -0.05) is 0 Å². The fourth-order valence-corrected chi connectivity index (χ4v) is 2.74. The van der Waals surface area contributed by atoms with Crippen molar-refractivity contribution in [1.82, 2.24) is 4.98 Å². The van der Waals surface area contributed by atoms with Crippen LogP contribution in [0.4, 0.5) is 20.3 Å². The lowest BCUT2D eigenvalue weighted by Crippen LogP contribution is -2.14. The number of nitrogens with one attached hydrogen (secondary N) is 2. The molecular weight excluding hydrogens is 300 g/mol. The molecule has 0 saturated heterocycles. The van der Waals surface area contributed by atoms with Crippen molar-refractivity contribution >= 4 is 21.5 Å². The lowest BCUT2D eigenvalue weighted by molar-refractivity contribution is 0.584. The molecule has 2 rings (SSSR count).